The highest BCUT2D eigenvalue weighted by atomic mass is 16.4. The van der Waals surface area contributed by atoms with Crippen molar-refractivity contribution in [1.29, 1.82) is 5.41 Å². The van der Waals surface area contributed by atoms with Gasteiger partial charge in [-0.2, -0.15) is 0 Å². The van der Waals surface area contributed by atoms with Crippen LogP contribution >= 0.6 is 0 Å². The monoisotopic (exact) mass is 344 g/mol. The minimum atomic E-state index is -0.768. The van der Waals surface area contributed by atoms with Crippen LogP contribution in [0.3, 0.4) is 0 Å². The molecule has 0 aliphatic carbocycles. The van der Waals surface area contributed by atoms with Crippen molar-refractivity contribution in [2.75, 3.05) is 6.54 Å². The van der Waals surface area contributed by atoms with Crippen LogP contribution in [0.2, 0.25) is 0 Å². The number of H-pyrrole nitrogens is 1. The lowest BCUT2D eigenvalue weighted by Crippen LogP contribution is -2.25. The van der Waals surface area contributed by atoms with Gasteiger partial charge in [0.1, 0.15) is 11.5 Å². The molecule has 7 heteroatoms. The number of rotatable bonds is 9. The molecular weight excluding hydrogens is 320 g/mol. The van der Waals surface area contributed by atoms with Gasteiger partial charge in [-0.25, -0.2) is 0 Å². The predicted octanol–water partition coefficient (Wildman–Crippen LogP) is 2.53. The molecular formula is C18H24N4O3. The lowest BCUT2D eigenvalue weighted by molar-refractivity contribution is -0.137. The number of carboxylic acid groups (broad SMARTS) is 1. The number of aryl methyl sites for hydroxylation is 1. The Bertz CT molecular complexity index is 795. The van der Waals surface area contributed by atoms with E-state index in [0.717, 1.165) is 35.7 Å². The summed E-state index contributed by atoms with van der Waals surface area (Å²) in [7, 11) is 0. The lowest BCUT2D eigenvalue weighted by Gasteiger charge is -2.04. The number of amides is 1. The fourth-order valence-corrected chi connectivity index (χ4v) is 2.77. The van der Waals surface area contributed by atoms with E-state index in [4.69, 9.17) is 16.2 Å². The van der Waals surface area contributed by atoms with E-state index >= 15 is 0 Å². The van der Waals surface area contributed by atoms with E-state index in [9.17, 15) is 9.59 Å². The molecule has 0 aliphatic heterocycles. The number of nitrogen functional groups attached to an aromatic ring is 1. The van der Waals surface area contributed by atoms with Crippen LogP contribution in [0.1, 0.15) is 53.7 Å². The van der Waals surface area contributed by atoms with E-state index in [1.54, 1.807) is 6.07 Å². The summed E-state index contributed by atoms with van der Waals surface area (Å²) in [6, 6.07) is 5.38. The van der Waals surface area contributed by atoms with Gasteiger partial charge in [0.2, 0.25) is 0 Å². The van der Waals surface area contributed by atoms with Crippen LogP contribution in [0.5, 0.6) is 0 Å². The average molecular weight is 344 g/mol. The number of aromatic nitrogens is 1. The topological polar surface area (TPSA) is 132 Å². The van der Waals surface area contributed by atoms with Gasteiger partial charge in [-0.15, -0.1) is 0 Å². The first-order valence-electron chi connectivity index (χ1n) is 8.37. The molecule has 0 saturated carbocycles. The number of nitrogens with one attached hydrogen (secondary N) is 3. The Morgan fingerprint density at radius 1 is 1.24 bits per heavy atom. The molecule has 2 rings (SSSR count). The van der Waals surface area contributed by atoms with Crippen molar-refractivity contribution in [3.8, 4) is 0 Å². The molecule has 1 amide bonds. The second-order valence-electron chi connectivity index (χ2n) is 6.11. The zero-order valence-electron chi connectivity index (χ0n) is 14.3. The van der Waals surface area contributed by atoms with Crippen molar-refractivity contribution >= 4 is 28.6 Å². The van der Waals surface area contributed by atoms with Gasteiger partial charge in [0.25, 0.3) is 5.91 Å². The lowest BCUT2D eigenvalue weighted by atomic mass is 10.1. The molecule has 7 nitrogen and oxygen atoms in total. The van der Waals surface area contributed by atoms with E-state index in [2.05, 4.69) is 10.3 Å². The molecule has 0 spiro atoms. The molecule has 0 unspecified atom stereocenters. The number of aromatic amines is 1. The molecule has 134 valence electrons. The van der Waals surface area contributed by atoms with Gasteiger partial charge in [0, 0.05) is 29.4 Å². The summed E-state index contributed by atoms with van der Waals surface area (Å²) in [4.78, 5) is 25.9. The number of hydrogen-bond donors (Lipinski definition) is 5. The van der Waals surface area contributed by atoms with Gasteiger partial charge >= 0.3 is 5.97 Å². The van der Waals surface area contributed by atoms with E-state index < -0.39 is 5.97 Å². The van der Waals surface area contributed by atoms with Crippen LogP contribution in [-0.2, 0) is 4.79 Å². The SMILES string of the molecule is Cc1c(C(=O)NCCCCCCC(=O)O)[nH]c2ccc(C(=N)N)cc12. The van der Waals surface area contributed by atoms with Gasteiger partial charge in [0.15, 0.2) is 0 Å². The third kappa shape index (κ3) is 4.82. The quantitative estimate of drug-likeness (QED) is 0.271. The van der Waals surface area contributed by atoms with Crippen LogP contribution in [0.25, 0.3) is 10.9 Å². The van der Waals surface area contributed by atoms with Crippen molar-refractivity contribution in [2.24, 2.45) is 5.73 Å². The zero-order chi connectivity index (χ0) is 18.4. The number of carboxylic acids is 1. The standard InChI is InChI=1S/C18H24N4O3/c1-11-13-10-12(17(19)20)7-8-14(13)22-16(11)18(25)21-9-5-3-2-4-6-15(23)24/h7-8,10,22H,2-6,9H2,1H3,(H3,19,20)(H,21,25)(H,23,24). The maximum Gasteiger partial charge on any atom is 0.303 e. The molecule has 0 aliphatic rings. The highest BCUT2D eigenvalue weighted by Gasteiger charge is 2.15. The number of hydrogen-bond acceptors (Lipinski definition) is 3. The van der Waals surface area contributed by atoms with Gasteiger partial charge in [-0.1, -0.05) is 12.8 Å². The largest absolute Gasteiger partial charge is 0.481 e. The number of amidine groups is 1. The fourth-order valence-electron chi connectivity index (χ4n) is 2.77. The molecule has 2 aromatic rings. The normalized spacial score (nSPS) is 10.8. The summed E-state index contributed by atoms with van der Waals surface area (Å²) in [5, 5.41) is 19.8. The third-order valence-corrected chi connectivity index (χ3v) is 4.20. The molecule has 0 fully saturated rings. The van der Waals surface area contributed by atoms with Crippen LogP contribution in [0, 0.1) is 12.3 Å². The second-order valence-corrected chi connectivity index (χ2v) is 6.11. The Hall–Kier alpha value is -2.83. The Kier molecular flexibility index (Phi) is 6.16. The minimum absolute atomic E-state index is 0.00333. The number of unbranched alkanes of at least 4 members (excludes halogenated alkanes) is 3. The van der Waals surface area contributed by atoms with Crippen molar-refractivity contribution in [3.05, 3.63) is 35.0 Å². The van der Waals surface area contributed by atoms with Crippen LogP contribution in [-0.4, -0.2) is 34.3 Å². The summed E-state index contributed by atoms with van der Waals surface area (Å²) in [6.45, 7) is 2.42. The number of benzene rings is 1. The van der Waals surface area contributed by atoms with Crippen LogP contribution in [0.15, 0.2) is 18.2 Å². The molecule has 0 radical (unpaired) electrons. The second kappa shape index (κ2) is 8.32. The first kappa shape index (κ1) is 18.5. The molecule has 6 N–H and O–H groups in total. The fraction of sp³-hybridized carbons (Fsp3) is 0.389. The molecule has 0 atom stereocenters. The van der Waals surface area contributed by atoms with Crippen molar-refractivity contribution < 1.29 is 14.7 Å². The first-order chi connectivity index (χ1) is 11.9. The molecule has 0 bridgehead atoms. The summed E-state index contributed by atoms with van der Waals surface area (Å²) >= 11 is 0. The van der Waals surface area contributed by atoms with E-state index in [0.29, 0.717) is 24.2 Å². The van der Waals surface area contributed by atoms with Crippen LogP contribution in [0.4, 0.5) is 0 Å². The average Bonchev–Trinajstić information content (AvgIpc) is 2.90. The van der Waals surface area contributed by atoms with Gasteiger partial charge < -0.3 is 21.1 Å². The summed E-state index contributed by atoms with van der Waals surface area (Å²) in [5.74, 6) is -0.935. The molecule has 0 saturated heterocycles. The highest BCUT2D eigenvalue weighted by molar-refractivity contribution is 6.04. The minimum Gasteiger partial charge on any atom is -0.481 e. The van der Waals surface area contributed by atoms with Crippen molar-refractivity contribution in [1.82, 2.24) is 10.3 Å². The first-order valence-corrected chi connectivity index (χ1v) is 8.37. The Morgan fingerprint density at radius 2 is 1.96 bits per heavy atom. The molecule has 25 heavy (non-hydrogen) atoms. The third-order valence-electron chi connectivity index (χ3n) is 4.20. The van der Waals surface area contributed by atoms with Gasteiger partial charge in [-0.05, 0) is 43.5 Å². The summed E-state index contributed by atoms with van der Waals surface area (Å²) in [6.07, 6.45) is 3.42. The predicted molar refractivity (Wildman–Crippen MR) is 97.1 cm³/mol. The highest BCUT2D eigenvalue weighted by Crippen LogP contribution is 2.23. The smallest absolute Gasteiger partial charge is 0.303 e. The maximum atomic E-state index is 12.3. The zero-order valence-corrected chi connectivity index (χ0v) is 14.3. The number of nitrogens with two attached hydrogens (primary N) is 1. The van der Waals surface area contributed by atoms with E-state index in [1.807, 2.05) is 19.1 Å². The summed E-state index contributed by atoms with van der Waals surface area (Å²) in [5.41, 5.74) is 8.32. The number of carbonyl (C=O) groups excluding carboxylic acids is 1. The molecule has 1 aromatic heterocycles. The number of aliphatic carboxylic acids is 1. The number of carbonyl (C=O) groups is 2. The van der Waals surface area contributed by atoms with Gasteiger partial charge in [-0.3, -0.25) is 15.0 Å². The molecule has 1 heterocycles. The van der Waals surface area contributed by atoms with Crippen LogP contribution < -0.4 is 11.1 Å². The van der Waals surface area contributed by atoms with E-state index in [1.165, 1.54) is 0 Å². The maximum absolute atomic E-state index is 12.3. The van der Waals surface area contributed by atoms with E-state index in [-0.39, 0.29) is 18.2 Å². The Morgan fingerprint density at radius 3 is 2.64 bits per heavy atom. The Balaban J connectivity index is 1.90. The summed E-state index contributed by atoms with van der Waals surface area (Å²) < 4.78 is 0. The van der Waals surface area contributed by atoms with Gasteiger partial charge in [0.05, 0.1) is 0 Å². The van der Waals surface area contributed by atoms with Crippen molar-refractivity contribution in [3.63, 3.8) is 0 Å². The van der Waals surface area contributed by atoms with Crippen molar-refractivity contribution in [2.45, 2.75) is 39.0 Å². The number of fused-ring (bicyclic) bond motifs is 1. The Labute approximate surface area is 146 Å². The molecule has 1 aromatic carbocycles.